The zero-order chi connectivity index (χ0) is 19.7. The van der Waals surface area contributed by atoms with E-state index < -0.39 is 5.91 Å². The number of ether oxygens (including phenoxy) is 1. The number of benzene rings is 2. The number of carbonyl (C=O) groups is 1. The molecule has 0 radical (unpaired) electrons. The van der Waals surface area contributed by atoms with Crippen LogP contribution >= 0.6 is 24.0 Å². The van der Waals surface area contributed by atoms with Crippen molar-refractivity contribution < 1.29 is 9.53 Å². The number of halogens is 1. The molecule has 0 aromatic heterocycles. The molecular formula is C21H29IN4O2. The van der Waals surface area contributed by atoms with Crippen LogP contribution in [0.4, 0.5) is 0 Å². The van der Waals surface area contributed by atoms with Crippen molar-refractivity contribution in [1.82, 2.24) is 10.6 Å². The Kier molecular flexibility index (Phi) is 9.78. The normalized spacial score (nSPS) is 11.3. The first kappa shape index (κ1) is 23.7. The number of hydrogen-bond acceptors (Lipinski definition) is 3. The van der Waals surface area contributed by atoms with Gasteiger partial charge >= 0.3 is 0 Å². The number of hydrogen-bond donors (Lipinski definition) is 3. The van der Waals surface area contributed by atoms with Gasteiger partial charge in [-0.15, -0.1) is 24.0 Å². The maximum atomic E-state index is 10.8. The van der Waals surface area contributed by atoms with Crippen molar-refractivity contribution in [3.8, 4) is 5.75 Å². The molecule has 152 valence electrons. The number of nitrogens with one attached hydrogen (secondary N) is 2. The Morgan fingerprint density at radius 2 is 1.82 bits per heavy atom. The fourth-order valence-electron chi connectivity index (χ4n) is 2.60. The van der Waals surface area contributed by atoms with E-state index in [0.29, 0.717) is 12.3 Å². The second-order valence-corrected chi connectivity index (χ2v) is 6.93. The molecule has 0 unspecified atom stereocenters. The number of amides is 1. The third-order valence-corrected chi connectivity index (χ3v) is 4.22. The number of nitrogens with two attached hydrogens (primary N) is 1. The van der Waals surface area contributed by atoms with E-state index in [1.165, 1.54) is 5.56 Å². The van der Waals surface area contributed by atoms with Crippen LogP contribution in [0.2, 0.25) is 0 Å². The van der Waals surface area contributed by atoms with E-state index in [0.717, 1.165) is 18.1 Å². The molecule has 2 aromatic carbocycles. The lowest BCUT2D eigenvalue weighted by Gasteiger charge is -2.26. The molecule has 0 aliphatic heterocycles. The minimum atomic E-state index is -0.496. The van der Waals surface area contributed by atoms with E-state index in [2.05, 4.69) is 53.7 Å². The van der Waals surface area contributed by atoms with Crippen molar-refractivity contribution in [3.63, 3.8) is 0 Å². The summed E-state index contributed by atoms with van der Waals surface area (Å²) in [5.41, 5.74) is 7.37. The maximum absolute atomic E-state index is 10.8. The predicted octanol–water partition coefficient (Wildman–Crippen LogP) is 2.81. The van der Waals surface area contributed by atoms with Crippen LogP contribution in [-0.4, -0.2) is 32.1 Å². The first-order valence-electron chi connectivity index (χ1n) is 8.91. The number of guanidine groups is 1. The number of primary amides is 1. The molecular weight excluding hydrogens is 467 g/mol. The Morgan fingerprint density at radius 3 is 2.46 bits per heavy atom. The molecule has 28 heavy (non-hydrogen) atoms. The van der Waals surface area contributed by atoms with Crippen LogP contribution in [0.3, 0.4) is 0 Å². The van der Waals surface area contributed by atoms with Gasteiger partial charge in [0.05, 0.1) is 0 Å². The number of rotatable bonds is 8. The highest BCUT2D eigenvalue weighted by molar-refractivity contribution is 14.0. The second-order valence-electron chi connectivity index (χ2n) is 6.93. The van der Waals surface area contributed by atoms with Crippen LogP contribution in [0.1, 0.15) is 25.0 Å². The summed E-state index contributed by atoms with van der Waals surface area (Å²) >= 11 is 0. The molecule has 0 saturated heterocycles. The van der Waals surface area contributed by atoms with Crippen LogP contribution in [0, 0.1) is 0 Å². The molecule has 0 fully saturated rings. The summed E-state index contributed by atoms with van der Waals surface area (Å²) in [6.45, 7) is 5.59. The van der Waals surface area contributed by atoms with Crippen LogP contribution in [0.15, 0.2) is 59.6 Å². The summed E-state index contributed by atoms with van der Waals surface area (Å²) in [4.78, 5) is 15.1. The molecule has 2 aromatic rings. The molecule has 0 saturated carbocycles. The van der Waals surface area contributed by atoms with Crippen LogP contribution in [0.5, 0.6) is 5.75 Å². The highest BCUT2D eigenvalue weighted by Crippen LogP contribution is 2.21. The van der Waals surface area contributed by atoms with E-state index >= 15 is 0 Å². The Labute approximate surface area is 184 Å². The Balaban J connectivity index is 0.00000392. The summed E-state index contributed by atoms with van der Waals surface area (Å²) in [7, 11) is 1.75. The summed E-state index contributed by atoms with van der Waals surface area (Å²) in [5, 5.41) is 6.67. The average molecular weight is 496 g/mol. The average Bonchev–Trinajstić information content (AvgIpc) is 2.67. The largest absolute Gasteiger partial charge is 0.484 e. The van der Waals surface area contributed by atoms with Gasteiger partial charge in [0.2, 0.25) is 0 Å². The lowest BCUT2D eigenvalue weighted by molar-refractivity contribution is -0.119. The van der Waals surface area contributed by atoms with Gasteiger partial charge in [-0.25, -0.2) is 0 Å². The minimum absolute atomic E-state index is 0. The fourth-order valence-corrected chi connectivity index (χ4v) is 2.60. The van der Waals surface area contributed by atoms with E-state index in [1.807, 2.05) is 24.3 Å². The zero-order valence-corrected chi connectivity index (χ0v) is 18.9. The van der Waals surface area contributed by atoms with Gasteiger partial charge < -0.3 is 21.1 Å². The lowest BCUT2D eigenvalue weighted by Crippen LogP contribution is -2.43. The third kappa shape index (κ3) is 7.75. The topological polar surface area (TPSA) is 88.7 Å². The standard InChI is InChI=1S/C21H28N4O2.HI/c1-21(2,17-9-5-4-6-10-17)15-25-20(23-3)24-13-16-8-7-11-18(12-16)27-14-19(22)26;/h4-12H,13-15H2,1-3H3,(H2,22,26)(H2,23,24,25);1H. The molecule has 6 nitrogen and oxygen atoms in total. The summed E-state index contributed by atoms with van der Waals surface area (Å²) in [6, 6.07) is 17.9. The molecule has 1 amide bonds. The Hall–Kier alpha value is -2.29. The maximum Gasteiger partial charge on any atom is 0.255 e. The predicted molar refractivity (Wildman–Crippen MR) is 124 cm³/mol. The van der Waals surface area contributed by atoms with Gasteiger partial charge in [0.15, 0.2) is 12.6 Å². The van der Waals surface area contributed by atoms with Crippen LogP contribution < -0.4 is 21.1 Å². The van der Waals surface area contributed by atoms with E-state index in [4.69, 9.17) is 10.5 Å². The molecule has 7 heteroatoms. The van der Waals surface area contributed by atoms with Crippen molar-refractivity contribution in [2.45, 2.75) is 25.8 Å². The molecule has 0 atom stereocenters. The van der Waals surface area contributed by atoms with Gasteiger partial charge in [-0.3, -0.25) is 9.79 Å². The smallest absolute Gasteiger partial charge is 0.255 e. The van der Waals surface area contributed by atoms with Crippen molar-refractivity contribution in [2.24, 2.45) is 10.7 Å². The minimum Gasteiger partial charge on any atom is -0.484 e. The van der Waals surface area contributed by atoms with Gasteiger partial charge in [0.1, 0.15) is 5.75 Å². The molecule has 2 rings (SSSR count). The number of aliphatic imine (C=N–C) groups is 1. The number of nitrogens with zero attached hydrogens (tertiary/aromatic N) is 1. The summed E-state index contributed by atoms with van der Waals surface area (Å²) in [5.74, 6) is 0.841. The number of carbonyl (C=O) groups excluding carboxylic acids is 1. The Morgan fingerprint density at radius 1 is 1.11 bits per heavy atom. The molecule has 0 aliphatic rings. The van der Waals surface area contributed by atoms with Gasteiger partial charge in [-0.05, 0) is 23.3 Å². The van der Waals surface area contributed by atoms with Crippen molar-refractivity contribution in [1.29, 1.82) is 0 Å². The van der Waals surface area contributed by atoms with E-state index in [1.54, 1.807) is 13.1 Å². The first-order chi connectivity index (χ1) is 12.9. The highest BCUT2D eigenvalue weighted by atomic mass is 127. The van der Waals surface area contributed by atoms with Crippen molar-refractivity contribution in [2.75, 3.05) is 20.2 Å². The first-order valence-corrected chi connectivity index (χ1v) is 8.91. The van der Waals surface area contributed by atoms with Crippen molar-refractivity contribution in [3.05, 3.63) is 65.7 Å². The van der Waals surface area contributed by atoms with Gasteiger partial charge in [0.25, 0.3) is 5.91 Å². The molecule has 0 bridgehead atoms. The lowest BCUT2D eigenvalue weighted by atomic mass is 9.85. The van der Waals surface area contributed by atoms with Crippen LogP contribution in [0.25, 0.3) is 0 Å². The third-order valence-electron chi connectivity index (χ3n) is 4.22. The molecule has 0 aliphatic carbocycles. The molecule has 0 heterocycles. The van der Waals surface area contributed by atoms with Crippen LogP contribution in [-0.2, 0) is 16.8 Å². The molecule has 0 spiro atoms. The monoisotopic (exact) mass is 496 g/mol. The summed E-state index contributed by atoms with van der Waals surface area (Å²) < 4.78 is 5.33. The van der Waals surface area contributed by atoms with E-state index in [9.17, 15) is 4.79 Å². The van der Waals surface area contributed by atoms with E-state index in [-0.39, 0.29) is 36.0 Å². The fraction of sp³-hybridized carbons (Fsp3) is 0.333. The molecule has 4 N–H and O–H groups in total. The SMILES string of the molecule is CN=C(NCc1cccc(OCC(N)=O)c1)NCC(C)(C)c1ccccc1.I. The van der Waals surface area contributed by atoms with Gasteiger partial charge in [0, 0.05) is 25.6 Å². The van der Waals surface area contributed by atoms with Gasteiger partial charge in [-0.1, -0.05) is 56.3 Å². The Bertz CT molecular complexity index is 779. The second kappa shape index (κ2) is 11.5. The highest BCUT2D eigenvalue weighted by Gasteiger charge is 2.20. The van der Waals surface area contributed by atoms with Crippen molar-refractivity contribution >= 4 is 35.8 Å². The van der Waals surface area contributed by atoms with Gasteiger partial charge in [-0.2, -0.15) is 0 Å². The quantitative estimate of drug-likeness (QED) is 0.298. The zero-order valence-electron chi connectivity index (χ0n) is 16.6. The summed E-state index contributed by atoms with van der Waals surface area (Å²) in [6.07, 6.45) is 0.